The molecule has 1 aliphatic rings. The second kappa shape index (κ2) is 16.0. The summed E-state index contributed by atoms with van der Waals surface area (Å²) in [5.74, 6) is -0.237. The number of ether oxygens (including phenoxy) is 3. The Morgan fingerprint density at radius 1 is 0.836 bits per heavy atom. The molecule has 1 fully saturated rings. The molecule has 1 aliphatic heterocycles. The number of amides is 4. The number of carbonyl (C=O) groups is 4. The van der Waals surface area contributed by atoms with Crippen molar-refractivity contribution in [3.05, 3.63) is 132 Å². The van der Waals surface area contributed by atoms with E-state index >= 15 is 0 Å². The number of carbonyl (C=O) groups excluding carboxylic acids is 4. The van der Waals surface area contributed by atoms with Crippen molar-refractivity contribution in [3.63, 3.8) is 0 Å². The average molecular weight is 755 g/mol. The molecule has 1 atom stereocenters. The Labute approximate surface area is 320 Å². The maximum absolute atomic E-state index is 13.8. The number of nitrogens with one attached hydrogen (secondary N) is 2. The Bertz CT molecular complexity index is 2390. The lowest BCUT2D eigenvalue weighted by Crippen LogP contribution is -2.31. The summed E-state index contributed by atoms with van der Waals surface area (Å²) in [6.45, 7) is 0. The van der Waals surface area contributed by atoms with Gasteiger partial charge in [-0.2, -0.15) is 0 Å². The number of aromatic nitrogens is 1. The molecule has 5 aromatic carbocycles. The highest BCUT2D eigenvalue weighted by Crippen LogP contribution is 2.39. The fraction of sp³-hybridized carbons (Fsp3) is 0.119. The number of anilines is 2. The van der Waals surface area contributed by atoms with Crippen molar-refractivity contribution in [1.29, 1.82) is 0 Å². The van der Waals surface area contributed by atoms with E-state index in [1.807, 2.05) is 24.3 Å². The second-order valence-corrected chi connectivity index (χ2v) is 13.5. The standard InChI is InChI=1S/C42H34N4O8S/c1-51-34-21-25(22-35(52-2)38(34)53-3)20-32(44-39(48)26-10-5-4-6-11-26)40(49)43-28-12-9-13-30(23-28)55-36-24-37(47)46(42(36)50)29-18-16-27(17-19-29)41-45-31-14-7-8-15-33(31)54-41/h4-23,36H,24H2,1-3H3,(H,43,49)(H,44,48)/b32-20-. The molecule has 2 N–H and O–H groups in total. The van der Waals surface area contributed by atoms with Gasteiger partial charge < -0.3 is 29.3 Å². The first-order chi connectivity index (χ1) is 26.7. The van der Waals surface area contributed by atoms with Crippen molar-refractivity contribution in [2.24, 2.45) is 0 Å². The van der Waals surface area contributed by atoms with Gasteiger partial charge in [0.25, 0.3) is 11.8 Å². The van der Waals surface area contributed by atoms with Crippen LogP contribution in [-0.4, -0.2) is 55.2 Å². The first-order valence-corrected chi connectivity index (χ1v) is 17.9. The Balaban J connectivity index is 1.08. The number of imide groups is 1. The molecular weight excluding hydrogens is 721 g/mol. The van der Waals surface area contributed by atoms with Gasteiger partial charge in [0.1, 0.15) is 11.2 Å². The van der Waals surface area contributed by atoms with Crippen LogP contribution in [-0.2, 0) is 14.4 Å². The molecule has 2 heterocycles. The maximum Gasteiger partial charge on any atom is 0.272 e. The third kappa shape index (κ3) is 7.92. The summed E-state index contributed by atoms with van der Waals surface area (Å²) >= 11 is 1.22. The van der Waals surface area contributed by atoms with Gasteiger partial charge in [0.05, 0.1) is 32.3 Å². The normalized spacial score (nSPS) is 14.2. The molecule has 0 aliphatic carbocycles. The number of rotatable bonds is 12. The molecule has 0 saturated carbocycles. The lowest BCUT2D eigenvalue weighted by molar-refractivity contribution is -0.121. The van der Waals surface area contributed by atoms with Crippen LogP contribution < -0.4 is 29.7 Å². The van der Waals surface area contributed by atoms with Gasteiger partial charge in [-0.3, -0.25) is 19.2 Å². The Kier molecular flexibility index (Phi) is 10.6. The Morgan fingerprint density at radius 2 is 1.55 bits per heavy atom. The lowest BCUT2D eigenvalue weighted by atomic mass is 10.1. The molecule has 55 heavy (non-hydrogen) atoms. The van der Waals surface area contributed by atoms with E-state index in [4.69, 9.17) is 18.6 Å². The maximum atomic E-state index is 13.8. The van der Waals surface area contributed by atoms with Gasteiger partial charge in [0, 0.05) is 28.1 Å². The number of oxazole rings is 1. The van der Waals surface area contributed by atoms with E-state index < -0.39 is 17.1 Å². The molecule has 13 heteroatoms. The average Bonchev–Trinajstić information content (AvgIpc) is 3.77. The highest BCUT2D eigenvalue weighted by atomic mass is 32.2. The number of hydrogen-bond donors (Lipinski definition) is 2. The van der Waals surface area contributed by atoms with Gasteiger partial charge in [-0.25, -0.2) is 9.88 Å². The van der Waals surface area contributed by atoms with Gasteiger partial charge in [-0.05, 0) is 90.5 Å². The molecule has 0 spiro atoms. The minimum absolute atomic E-state index is 0.000155. The van der Waals surface area contributed by atoms with Crippen molar-refractivity contribution >= 4 is 63.9 Å². The molecule has 6 aromatic rings. The number of benzene rings is 5. The molecule has 1 aromatic heterocycles. The first-order valence-electron chi connectivity index (χ1n) is 17.0. The number of fused-ring (bicyclic) bond motifs is 1. The zero-order chi connectivity index (χ0) is 38.5. The van der Waals surface area contributed by atoms with Crippen LogP contribution in [0.4, 0.5) is 11.4 Å². The predicted octanol–water partition coefficient (Wildman–Crippen LogP) is 7.35. The highest BCUT2D eigenvalue weighted by Gasteiger charge is 2.40. The van der Waals surface area contributed by atoms with Crippen LogP contribution in [0.1, 0.15) is 22.3 Å². The van der Waals surface area contributed by atoms with Crippen molar-refractivity contribution in [2.45, 2.75) is 16.6 Å². The van der Waals surface area contributed by atoms with E-state index in [9.17, 15) is 19.2 Å². The van der Waals surface area contributed by atoms with Crippen molar-refractivity contribution < 1.29 is 37.8 Å². The molecule has 4 amide bonds. The molecule has 7 rings (SSSR count). The van der Waals surface area contributed by atoms with Gasteiger partial charge in [0.2, 0.25) is 23.5 Å². The monoisotopic (exact) mass is 754 g/mol. The van der Waals surface area contributed by atoms with Gasteiger partial charge in [-0.15, -0.1) is 11.8 Å². The first kappa shape index (κ1) is 36.5. The summed E-state index contributed by atoms with van der Waals surface area (Å²) in [4.78, 5) is 60.1. The fourth-order valence-electron chi connectivity index (χ4n) is 6.02. The predicted molar refractivity (Wildman–Crippen MR) is 209 cm³/mol. The zero-order valence-electron chi connectivity index (χ0n) is 29.9. The molecule has 1 unspecified atom stereocenters. The quantitative estimate of drug-likeness (QED) is 0.0959. The fourth-order valence-corrected chi connectivity index (χ4v) is 7.13. The summed E-state index contributed by atoms with van der Waals surface area (Å²) in [7, 11) is 4.44. The topological polar surface area (TPSA) is 149 Å². The minimum atomic E-state index is -0.684. The van der Waals surface area contributed by atoms with Crippen molar-refractivity contribution in [3.8, 4) is 28.7 Å². The zero-order valence-corrected chi connectivity index (χ0v) is 30.7. The number of thioether (sulfide) groups is 1. The van der Waals surface area contributed by atoms with E-state index in [2.05, 4.69) is 15.6 Å². The molecule has 0 radical (unpaired) electrons. The lowest BCUT2D eigenvalue weighted by Gasteiger charge is -2.16. The Hall–Kier alpha value is -6.86. The minimum Gasteiger partial charge on any atom is -0.493 e. The summed E-state index contributed by atoms with van der Waals surface area (Å²) in [6.07, 6.45) is 1.50. The highest BCUT2D eigenvalue weighted by molar-refractivity contribution is 8.00. The second-order valence-electron chi connectivity index (χ2n) is 12.2. The molecule has 12 nitrogen and oxygen atoms in total. The van der Waals surface area contributed by atoms with E-state index in [1.54, 1.807) is 91.0 Å². The van der Waals surface area contributed by atoms with E-state index in [1.165, 1.54) is 44.1 Å². The number of methoxy groups -OCH3 is 3. The van der Waals surface area contributed by atoms with Crippen LogP contribution in [0.3, 0.4) is 0 Å². The summed E-state index contributed by atoms with van der Waals surface area (Å²) in [6, 6.07) is 33.1. The number of hydrogen-bond acceptors (Lipinski definition) is 10. The van der Waals surface area contributed by atoms with E-state index in [-0.39, 0.29) is 23.9 Å². The van der Waals surface area contributed by atoms with E-state index in [0.717, 1.165) is 5.52 Å². The van der Waals surface area contributed by atoms with Gasteiger partial charge in [-0.1, -0.05) is 36.4 Å². The smallest absolute Gasteiger partial charge is 0.272 e. The molecule has 1 saturated heterocycles. The van der Waals surface area contributed by atoms with Crippen LogP contribution in [0.2, 0.25) is 0 Å². The largest absolute Gasteiger partial charge is 0.493 e. The van der Waals surface area contributed by atoms with Gasteiger partial charge >= 0.3 is 0 Å². The number of para-hydroxylation sites is 2. The van der Waals surface area contributed by atoms with Crippen LogP contribution in [0.15, 0.2) is 130 Å². The SMILES string of the molecule is COc1cc(/C=C(\NC(=O)c2ccccc2)C(=O)Nc2cccc(SC3CC(=O)N(c4ccc(-c5nc6ccccc6o5)cc4)C3=O)c2)cc(OC)c1OC. The third-order valence-electron chi connectivity index (χ3n) is 8.67. The summed E-state index contributed by atoms with van der Waals surface area (Å²) in [5.41, 5.74) is 3.75. The molecule has 276 valence electrons. The third-order valence-corrected chi connectivity index (χ3v) is 9.85. The summed E-state index contributed by atoms with van der Waals surface area (Å²) < 4.78 is 22.2. The van der Waals surface area contributed by atoms with Crippen LogP contribution in [0.5, 0.6) is 17.2 Å². The van der Waals surface area contributed by atoms with Crippen molar-refractivity contribution in [1.82, 2.24) is 10.3 Å². The Morgan fingerprint density at radius 3 is 2.24 bits per heavy atom. The summed E-state index contributed by atoms with van der Waals surface area (Å²) in [5, 5.41) is 4.89. The molecular formula is C42H34N4O8S. The van der Waals surface area contributed by atoms with Crippen LogP contribution in [0, 0.1) is 0 Å². The van der Waals surface area contributed by atoms with Crippen LogP contribution in [0.25, 0.3) is 28.6 Å². The van der Waals surface area contributed by atoms with E-state index in [0.29, 0.717) is 61.7 Å². The van der Waals surface area contributed by atoms with Crippen molar-refractivity contribution in [2.75, 3.05) is 31.5 Å². The molecule has 0 bridgehead atoms. The van der Waals surface area contributed by atoms with Crippen LogP contribution >= 0.6 is 11.8 Å². The van der Waals surface area contributed by atoms with Gasteiger partial charge in [0.15, 0.2) is 17.1 Å². The number of nitrogens with zero attached hydrogens (tertiary/aromatic N) is 2.